The second-order valence-corrected chi connectivity index (χ2v) is 3.72. The molecule has 7 heteroatoms. The van der Waals surface area contributed by atoms with Crippen molar-refractivity contribution in [3.8, 4) is 0 Å². The first-order valence-electron chi connectivity index (χ1n) is 5.67. The highest BCUT2D eigenvalue weighted by atomic mass is 19.1. The van der Waals surface area contributed by atoms with E-state index in [0.717, 1.165) is 6.07 Å². The number of nitrogens with two attached hydrogens (primary N) is 1. The second-order valence-electron chi connectivity index (χ2n) is 3.72. The summed E-state index contributed by atoms with van der Waals surface area (Å²) in [7, 11) is 1.20. The van der Waals surface area contributed by atoms with E-state index in [4.69, 9.17) is 5.73 Å². The fourth-order valence-corrected chi connectivity index (χ4v) is 1.45. The third kappa shape index (κ3) is 3.84. The summed E-state index contributed by atoms with van der Waals surface area (Å²) in [4.78, 5) is 22.7. The molecule has 0 fully saturated rings. The fourth-order valence-electron chi connectivity index (χ4n) is 1.45. The van der Waals surface area contributed by atoms with Gasteiger partial charge in [-0.05, 0) is 19.1 Å². The number of benzene rings is 1. The molecule has 0 saturated carbocycles. The van der Waals surface area contributed by atoms with Crippen molar-refractivity contribution in [2.24, 2.45) is 0 Å². The number of halogens is 1. The molecule has 0 aromatic heterocycles. The summed E-state index contributed by atoms with van der Waals surface area (Å²) in [6.07, 6.45) is 0. The molecule has 0 saturated heterocycles. The monoisotopic (exact) mass is 269 g/mol. The van der Waals surface area contributed by atoms with Crippen LogP contribution in [0.3, 0.4) is 0 Å². The Morgan fingerprint density at radius 1 is 1.42 bits per heavy atom. The van der Waals surface area contributed by atoms with Gasteiger partial charge in [-0.25, -0.2) is 9.18 Å². The van der Waals surface area contributed by atoms with Crippen molar-refractivity contribution < 1.29 is 18.7 Å². The van der Waals surface area contributed by atoms with E-state index in [-0.39, 0.29) is 29.4 Å². The van der Waals surface area contributed by atoms with Crippen molar-refractivity contribution in [3.05, 3.63) is 23.5 Å². The van der Waals surface area contributed by atoms with Gasteiger partial charge in [-0.2, -0.15) is 0 Å². The van der Waals surface area contributed by atoms with Crippen LogP contribution in [0, 0.1) is 5.82 Å². The number of nitrogens with one attached hydrogen (secondary N) is 2. The van der Waals surface area contributed by atoms with Crippen LogP contribution >= 0.6 is 0 Å². The number of carbonyl (C=O) groups is 2. The smallest absolute Gasteiger partial charge is 0.340 e. The zero-order valence-electron chi connectivity index (χ0n) is 10.7. The van der Waals surface area contributed by atoms with E-state index in [1.165, 1.54) is 13.2 Å². The number of amides is 1. The van der Waals surface area contributed by atoms with Crippen LogP contribution in [0.2, 0.25) is 0 Å². The Kier molecular flexibility index (Phi) is 5.11. The zero-order valence-corrected chi connectivity index (χ0v) is 10.7. The summed E-state index contributed by atoms with van der Waals surface area (Å²) < 4.78 is 18.1. The van der Waals surface area contributed by atoms with Gasteiger partial charge in [-0.1, -0.05) is 0 Å². The fraction of sp³-hybridized carbons (Fsp3) is 0.333. The van der Waals surface area contributed by atoms with Crippen LogP contribution in [0.5, 0.6) is 0 Å². The lowest BCUT2D eigenvalue weighted by Gasteiger charge is -2.10. The first-order valence-corrected chi connectivity index (χ1v) is 5.67. The molecule has 0 unspecified atom stereocenters. The molecule has 1 aromatic rings. The van der Waals surface area contributed by atoms with E-state index in [1.807, 2.05) is 0 Å². The molecule has 0 radical (unpaired) electrons. The Bertz CT molecular complexity index is 491. The van der Waals surface area contributed by atoms with E-state index in [9.17, 15) is 14.0 Å². The molecular formula is C12H16FN3O3. The van der Waals surface area contributed by atoms with Crippen LogP contribution in [-0.2, 0) is 9.53 Å². The van der Waals surface area contributed by atoms with Gasteiger partial charge in [-0.3, -0.25) is 4.79 Å². The lowest BCUT2D eigenvalue weighted by atomic mass is 10.1. The van der Waals surface area contributed by atoms with E-state index in [1.54, 1.807) is 6.92 Å². The molecule has 0 aliphatic carbocycles. The highest BCUT2D eigenvalue weighted by Crippen LogP contribution is 2.22. The van der Waals surface area contributed by atoms with Gasteiger partial charge in [0.2, 0.25) is 5.91 Å². The maximum absolute atomic E-state index is 13.6. The van der Waals surface area contributed by atoms with Gasteiger partial charge in [0, 0.05) is 12.2 Å². The van der Waals surface area contributed by atoms with Crippen LogP contribution in [0.1, 0.15) is 17.3 Å². The molecule has 19 heavy (non-hydrogen) atoms. The predicted molar refractivity (Wildman–Crippen MR) is 69.3 cm³/mol. The maximum Gasteiger partial charge on any atom is 0.340 e. The van der Waals surface area contributed by atoms with E-state index in [0.29, 0.717) is 6.54 Å². The van der Waals surface area contributed by atoms with Gasteiger partial charge in [0.25, 0.3) is 0 Å². The third-order valence-corrected chi connectivity index (χ3v) is 2.36. The molecule has 1 aromatic carbocycles. The number of nitrogen functional groups attached to an aromatic ring is 1. The summed E-state index contributed by atoms with van der Waals surface area (Å²) in [5, 5.41) is 5.15. The number of likely N-dealkylation sites (N-methyl/N-ethyl adjacent to an activating group) is 1. The Morgan fingerprint density at radius 3 is 2.68 bits per heavy atom. The van der Waals surface area contributed by atoms with Gasteiger partial charge in [0.15, 0.2) is 0 Å². The van der Waals surface area contributed by atoms with Crippen LogP contribution in [0.15, 0.2) is 12.1 Å². The Balaban J connectivity index is 2.89. The Hall–Kier alpha value is -2.31. The molecule has 104 valence electrons. The highest BCUT2D eigenvalue weighted by Gasteiger charge is 2.15. The minimum Gasteiger partial charge on any atom is -0.465 e. The lowest BCUT2D eigenvalue weighted by Crippen LogP contribution is -2.29. The highest BCUT2D eigenvalue weighted by molar-refractivity contribution is 5.96. The molecule has 0 bridgehead atoms. The molecule has 6 nitrogen and oxygen atoms in total. The average Bonchev–Trinajstić information content (AvgIpc) is 2.37. The van der Waals surface area contributed by atoms with Crippen molar-refractivity contribution in [2.45, 2.75) is 6.92 Å². The first-order chi connectivity index (χ1) is 8.99. The molecule has 0 heterocycles. The van der Waals surface area contributed by atoms with Gasteiger partial charge in [0.05, 0.1) is 24.9 Å². The SMILES string of the molecule is CCNC(=O)CNc1cc(C(=O)OC)c(N)cc1F. The number of hydrogen-bond donors (Lipinski definition) is 3. The van der Waals surface area contributed by atoms with Crippen molar-refractivity contribution in [1.82, 2.24) is 5.32 Å². The number of carbonyl (C=O) groups excluding carboxylic acids is 2. The number of ether oxygens (including phenoxy) is 1. The summed E-state index contributed by atoms with van der Waals surface area (Å²) in [6.45, 7) is 2.16. The minimum absolute atomic E-state index is 0.0147. The zero-order chi connectivity index (χ0) is 14.4. The Labute approximate surface area is 110 Å². The molecule has 1 amide bonds. The van der Waals surface area contributed by atoms with E-state index >= 15 is 0 Å². The van der Waals surface area contributed by atoms with E-state index < -0.39 is 11.8 Å². The van der Waals surface area contributed by atoms with Gasteiger partial charge >= 0.3 is 5.97 Å². The van der Waals surface area contributed by atoms with E-state index in [2.05, 4.69) is 15.4 Å². The van der Waals surface area contributed by atoms with Crippen LogP contribution in [0.4, 0.5) is 15.8 Å². The van der Waals surface area contributed by atoms with Crippen LogP contribution in [0.25, 0.3) is 0 Å². The number of hydrogen-bond acceptors (Lipinski definition) is 5. The molecule has 0 aliphatic rings. The topological polar surface area (TPSA) is 93.5 Å². The van der Waals surface area contributed by atoms with Gasteiger partial charge in [0.1, 0.15) is 5.82 Å². The Morgan fingerprint density at radius 2 is 2.11 bits per heavy atom. The number of methoxy groups -OCH3 is 1. The number of anilines is 2. The molecule has 0 aliphatic heterocycles. The first kappa shape index (κ1) is 14.7. The molecule has 1 rings (SSSR count). The largest absolute Gasteiger partial charge is 0.465 e. The maximum atomic E-state index is 13.6. The molecular weight excluding hydrogens is 253 g/mol. The molecule has 0 spiro atoms. The van der Waals surface area contributed by atoms with Crippen LogP contribution in [-0.4, -0.2) is 32.1 Å². The molecule has 0 atom stereocenters. The second kappa shape index (κ2) is 6.58. The summed E-state index contributed by atoms with van der Waals surface area (Å²) >= 11 is 0. The summed E-state index contributed by atoms with van der Waals surface area (Å²) in [5.41, 5.74) is 5.56. The third-order valence-electron chi connectivity index (χ3n) is 2.36. The van der Waals surface area contributed by atoms with Crippen molar-refractivity contribution in [3.63, 3.8) is 0 Å². The lowest BCUT2D eigenvalue weighted by molar-refractivity contribution is -0.119. The van der Waals surface area contributed by atoms with Crippen molar-refractivity contribution >= 4 is 23.3 Å². The minimum atomic E-state index is -0.668. The van der Waals surface area contributed by atoms with Crippen molar-refractivity contribution in [2.75, 3.05) is 31.2 Å². The number of esters is 1. The standard InChI is InChI=1S/C12H16FN3O3/c1-3-15-11(17)6-16-10-4-7(12(18)19-2)9(14)5-8(10)13/h4-5,16H,3,6,14H2,1-2H3,(H,15,17). The quantitative estimate of drug-likeness (QED) is 0.541. The summed E-state index contributed by atoms with van der Waals surface area (Å²) in [6, 6.07) is 2.22. The normalized spacial score (nSPS) is 9.84. The molecule has 4 N–H and O–H groups in total. The summed E-state index contributed by atoms with van der Waals surface area (Å²) in [5.74, 6) is -1.59. The van der Waals surface area contributed by atoms with Crippen molar-refractivity contribution in [1.29, 1.82) is 0 Å². The van der Waals surface area contributed by atoms with Gasteiger partial charge < -0.3 is 21.1 Å². The predicted octanol–water partition coefficient (Wildman–Crippen LogP) is 0.742. The van der Waals surface area contributed by atoms with Crippen LogP contribution < -0.4 is 16.4 Å². The van der Waals surface area contributed by atoms with Gasteiger partial charge in [-0.15, -0.1) is 0 Å². The number of rotatable bonds is 5. The average molecular weight is 269 g/mol.